The van der Waals surface area contributed by atoms with Gasteiger partial charge in [-0.2, -0.15) is 0 Å². The van der Waals surface area contributed by atoms with E-state index in [0.29, 0.717) is 28.7 Å². The molecule has 0 spiro atoms. The lowest BCUT2D eigenvalue weighted by Gasteiger charge is -2.31. The minimum atomic E-state index is -0.503. The Hall–Kier alpha value is -1.47. The highest BCUT2D eigenvalue weighted by atomic mass is 32.1. The summed E-state index contributed by atoms with van der Waals surface area (Å²) in [6, 6.07) is 0.513. The van der Waals surface area contributed by atoms with Crippen LogP contribution in [0.25, 0.3) is 6.08 Å². The quantitative estimate of drug-likeness (QED) is 0.585. The van der Waals surface area contributed by atoms with E-state index in [2.05, 4.69) is 14.6 Å². The van der Waals surface area contributed by atoms with E-state index in [1.165, 1.54) is 63.0 Å². The second-order valence-electron chi connectivity index (χ2n) is 5.82. The Bertz CT molecular complexity index is 713. The van der Waals surface area contributed by atoms with Crippen molar-refractivity contribution in [1.82, 2.24) is 9.47 Å². The summed E-state index contributed by atoms with van der Waals surface area (Å²) < 4.78 is 6.67. The molecule has 1 fully saturated rings. The summed E-state index contributed by atoms with van der Waals surface area (Å²) in [5, 5.41) is 0. The third-order valence-electron chi connectivity index (χ3n) is 4.39. The van der Waals surface area contributed by atoms with E-state index in [0.717, 1.165) is 0 Å². The normalized spacial score (nSPS) is 21.0. The molecule has 0 unspecified atom stereocenters. The fourth-order valence-corrected chi connectivity index (χ4v) is 4.07. The van der Waals surface area contributed by atoms with Gasteiger partial charge in [0.15, 0.2) is 4.80 Å². The van der Waals surface area contributed by atoms with Gasteiger partial charge in [-0.05, 0) is 12.8 Å². The predicted molar refractivity (Wildman–Crippen MR) is 84.0 cm³/mol. The first-order valence-electron chi connectivity index (χ1n) is 7.77. The van der Waals surface area contributed by atoms with Gasteiger partial charge in [-0.1, -0.05) is 37.0 Å². The number of rotatable bonds is 2. The van der Waals surface area contributed by atoms with Crippen molar-refractivity contribution < 1.29 is 9.53 Å². The van der Waals surface area contributed by atoms with Crippen molar-refractivity contribution in [3.63, 3.8) is 0 Å². The smallest absolute Gasteiger partial charge is 0.332 e. The van der Waals surface area contributed by atoms with Crippen LogP contribution in [0.3, 0.4) is 0 Å². The summed E-state index contributed by atoms with van der Waals surface area (Å²) in [5.74, 6) is -0.503. The first kappa shape index (κ1) is 15.4. The number of hydrogen-bond donors (Lipinski definition) is 0. The molecule has 0 radical (unpaired) electrons. The van der Waals surface area contributed by atoms with Gasteiger partial charge in [-0.15, -0.1) is 0 Å². The van der Waals surface area contributed by atoms with E-state index in [4.69, 9.17) is 0 Å². The number of fused-ring (bicyclic) bond motifs is 1. The highest BCUT2D eigenvalue weighted by Crippen LogP contribution is 2.22. The predicted octanol–water partition coefficient (Wildman–Crippen LogP) is 0.436. The Morgan fingerprint density at radius 3 is 2.73 bits per heavy atom. The third-order valence-corrected chi connectivity index (χ3v) is 5.43. The van der Waals surface area contributed by atoms with Crippen molar-refractivity contribution in [2.24, 2.45) is 4.99 Å². The number of ether oxygens (including phenoxy) is 1. The molecule has 2 aliphatic rings. The highest BCUT2D eigenvalue weighted by molar-refractivity contribution is 7.07. The van der Waals surface area contributed by atoms with Gasteiger partial charge in [-0.25, -0.2) is 9.79 Å². The first-order chi connectivity index (χ1) is 10.7. The third kappa shape index (κ3) is 3.15. The second-order valence-corrected chi connectivity index (χ2v) is 6.83. The zero-order chi connectivity index (χ0) is 15.5. The Balaban J connectivity index is 1.85. The summed E-state index contributed by atoms with van der Waals surface area (Å²) in [6.07, 6.45) is 8.76. The zero-order valence-electron chi connectivity index (χ0n) is 12.8. The fraction of sp³-hybridized carbons (Fsp3) is 0.667. The molecule has 3 rings (SSSR count). The fourth-order valence-electron chi connectivity index (χ4n) is 3.15. The Morgan fingerprint density at radius 2 is 2.05 bits per heavy atom. The molecule has 22 heavy (non-hydrogen) atoms. The maximum absolute atomic E-state index is 12.4. The number of thiazole rings is 1. The molecule has 1 saturated carbocycles. The molecular formula is C15H21N3O3S. The van der Waals surface area contributed by atoms with Crippen molar-refractivity contribution >= 4 is 23.4 Å². The van der Waals surface area contributed by atoms with Crippen LogP contribution in [-0.4, -0.2) is 35.3 Å². The standard InChI is InChI=1S/C15H21N3O3S/c1-21-13(19)8-12-14(20)18-10-17(9-16-15(18)22-12)11-6-4-2-3-5-7-11/h8,11H,2-7,9-10H2,1H3/b12-8-. The van der Waals surface area contributed by atoms with Gasteiger partial charge < -0.3 is 4.74 Å². The average Bonchev–Trinajstić information content (AvgIpc) is 2.74. The summed E-state index contributed by atoms with van der Waals surface area (Å²) in [7, 11) is 1.31. The highest BCUT2D eigenvalue weighted by Gasteiger charge is 2.23. The van der Waals surface area contributed by atoms with Gasteiger partial charge in [0, 0.05) is 12.1 Å². The number of esters is 1. The number of aromatic nitrogens is 1. The zero-order valence-corrected chi connectivity index (χ0v) is 13.6. The monoisotopic (exact) mass is 323 g/mol. The Labute approximate surface area is 132 Å². The number of carbonyl (C=O) groups is 1. The maximum atomic E-state index is 12.4. The molecule has 0 saturated heterocycles. The van der Waals surface area contributed by atoms with E-state index in [1.807, 2.05) is 0 Å². The molecule has 2 heterocycles. The van der Waals surface area contributed by atoms with Crippen molar-refractivity contribution in [2.45, 2.75) is 51.2 Å². The molecule has 0 atom stereocenters. The molecule has 7 heteroatoms. The van der Waals surface area contributed by atoms with Crippen molar-refractivity contribution in [2.75, 3.05) is 13.8 Å². The van der Waals surface area contributed by atoms with Crippen molar-refractivity contribution in [3.8, 4) is 0 Å². The molecule has 0 amide bonds. The van der Waals surface area contributed by atoms with Gasteiger partial charge in [0.25, 0.3) is 5.56 Å². The molecule has 1 aliphatic carbocycles. The van der Waals surface area contributed by atoms with Crippen molar-refractivity contribution in [1.29, 1.82) is 0 Å². The maximum Gasteiger partial charge on any atom is 0.332 e. The number of carbonyl (C=O) groups excluding carboxylic acids is 1. The van der Waals surface area contributed by atoms with E-state index in [9.17, 15) is 9.59 Å². The molecule has 1 aliphatic heterocycles. The van der Waals surface area contributed by atoms with Crippen LogP contribution >= 0.6 is 11.3 Å². The summed E-state index contributed by atoms with van der Waals surface area (Å²) in [6.45, 7) is 1.22. The van der Waals surface area contributed by atoms with Crippen LogP contribution in [-0.2, 0) is 16.2 Å². The Kier molecular flexibility index (Phi) is 4.73. The minimum Gasteiger partial charge on any atom is -0.466 e. The van der Waals surface area contributed by atoms with Crippen LogP contribution in [0.4, 0.5) is 0 Å². The molecule has 120 valence electrons. The van der Waals surface area contributed by atoms with Crippen molar-refractivity contribution in [3.05, 3.63) is 19.7 Å². The number of hydrogen-bond acceptors (Lipinski definition) is 6. The lowest BCUT2D eigenvalue weighted by Crippen LogP contribution is -2.46. The molecule has 0 bridgehead atoms. The molecule has 1 aromatic rings. The molecule has 1 aromatic heterocycles. The van der Waals surface area contributed by atoms with E-state index in [1.54, 1.807) is 4.57 Å². The van der Waals surface area contributed by atoms with Gasteiger partial charge in [0.2, 0.25) is 0 Å². The molecule has 6 nitrogen and oxygen atoms in total. The Morgan fingerprint density at radius 1 is 1.32 bits per heavy atom. The van der Waals surface area contributed by atoms with Gasteiger partial charge in [0.1, 0.15) is 4.53 Å². The summed E-state index contributed by atoms with van der Waals surface area (Å²) in [5.41, 5.74) is -0.146. The summed E-state index contributed by atoms with van der Waals surface area (Å²) in [4.78, 5) is 31.3. The molecule has 0 aromatic carbocycles. The van der Waals surface area contributed by atoms with Crippen LogP contribution in [0, 0.1) is 0 Å². The SMILES string of the molecule is COC(=O)/C=c1\sc2n(c1=O)CN(C1CCCCCC1)CN=2. The lowest BCUT2D eigenvalue weighted by atomic mass is 10.1. The topological polar surface area (TPSA) is 63.9 Å². The van der Waals surface area contributed by atoms with Crippen LogP contribution in [0.15, 0.2) is 9.79 Å². The van der Waals surface area contributed by atoms with E-state index in [-0.39, 0.29) is 5.56 Å². The van der Waals surface area contributed by atoms with E-state index >= 15 is 0 Å². The number of methoxy groups -OCH3 is 1. The first-order valence-corrected chi connectivity index (χ1v) is 8.58. The van der Waals surface area contributed by atoms with Gasteiger partial charge in [0.05, 0.1) is 20.4 Å². The van der Waals surface area contributed by atoms with Crippen LogP contribution in [0.5, 0.6) is 0 Å². The van der Waals surface area contributed by atoms with Gasteiger partial charge >= 0.3 is 5.97 Å². The summed E-state index contributed by atoms with van der Waals surface area (Å²) >= 11 is 1.26. The van der Waals surface area contributed by atoms with Crippen LogP contribution in [0.1, 0.15) is 38.5 Å². The van der Waals surface area contributed by atoms with E-state index < -0.39 is 5.97 Å². The minimum absolute atomic E-state index is 0.146. The lowest BCUT2D eigenvalue weighted by molar-refractivity contribution is -0.133. The average molecular weight is 323 g/mol. The molecular weight excluding hydrogens is 302 g/mol. The second kappa shape index (κ2) is 6.75. The largest absolute Gasteiger partial charge is 0.466 e. The van der Waals surface area contributed by atoms with Crippen LogP contribution in [0.2, 0.25) is 0 Å². The van der Waals surface area contributed by atoms with Crippen LogP contribution < -0.4 is 14.9 Å². The molecule has 0 N–H and O–H groups in total. The number of nitrogens with zero attached hydrogens (tertiary/aromatic N) is 3. The van der Waals surface area contributed by atoms with Gasteiger partial charge in [-0.3, -0.25) is 14.3 Å².